The van der Waals surface area contributed by atoms with Crippen LogP contribution in [-0.4, -0.2) is 59.2 Å². The van der Waals surface area contributed by atoms with Crippen molar-refractivity contribution >= 4 is 17.5 Å². The van der Waals surface area contributed by atoms with E-state index in [0.717, 1.165) is 44.6 Å². The van der Waals surface area contributed by atoms with Crippen LogP contribution in [-0.2, 0) is 16.6 Å². The number of likely N-dealkylation sites (tertiary alicyclic amines) is 1. The van der Waals surface area contributed by atoms with Crippen LogP contribution in [0, 0.1) is 5.92 Å². The number of hydrogen-bond acceptors (Lipinski definition) is 5. The summed E-state index contributed by atoms with van der Waals surface area (Å²) < 4.78 is 1.31. The molecule has 0 aliphatic carbocycles. The minimum Gasteiger partial charge on any atom is -0.370 e. The lowest BCUT2D eigenvalue weighted by Crippen LogP contribution is -2.39. The molecule has 8 nitrogen and oxygen atoms in total. The minimum absolute atomic E-state index is 0.00271. The topological polar surface area (TPSA) is 87.5 Å². The molecule has 0 saturated carbocycles. The molecule has 3 heterocycles. The molecule has 2 saturated heterocycles. The molecule has 8 heteroatoms. The zero-order chi connectivity index (χ0) is 18.5. The van der Waals surface area contributed by atoms with Crippen LogP contribution in [0.25, 0.3) is 0 Å². The first-order chi connectivity index (χ1) is 12.5. The molecule has 3 rings (SSSR count). The number of carbonyl (C=O) groups is 2. The fourth-order valence-electron chi connectivity index (χ4n) is 3.55. The monoisotopic (exact) mass is 361 g/mol. The average molecular weight is 361 g/mol. The summed E-state index contributed by atoms with van der Waals surface area (Å²) in [6.45, 7) is 3.58. The van der Waals surface area contributed by atoms with E-state index in [2.05, 4.69) is 15.3 Å². The molecular formula is C18H27N5O3. The number of aromatic nitrogens is 2. The Hall–Kier alpha value is -2.38. The highest BCUT2D eigenvalue weighted by Gasteiger charge is 2.24. The molecule has 0 aromatic carbocycles. The Kier molecular flexibility index (Phi) is 5.90. The summed E-state index contributed by atoms with van der Waals surface area (Å²) in [4.78, 5) is 39.5. The van der Waals surface area contributed by atoms with Crippen molar-refractivity contribution in [3.05, 3.63) is 22.6 Å². The number of nitrogens with one attached hydrogen (secondary N) is 1. The Morgan fingerprint density at radius 3 is 2.92 bits per heavy atom. The largest absolute Gasteiger partial charge is 0.370 e. The predicted octanol–water partition coefficient (Wildman–Crippen LogP) is 0.125. The number of rotatable bonds is 6. The molecule has 142 valence electrons. The van der Waals surface area contributed by atoms with Crippen LogP contribution in [0.1, 0.15) is 32.1 Å². The van der Waals surface area contributed by atoms with E-state index in [4.69, 9.17) is 0 Å². The van der Waals surface area contributed by atoms with Crippen molar-refractivity contribution in [2.45, 2.75) is 32.1 Å². The van der Waals surface area contributed by atoms with Gasteiger partial charge in [-0.25, -0.2) is 4.68 Å². The van der Waals surface area contributed by atoms with E-state index < -0.39 is 0 Å². The van der Waals surface area contributed by atoms with E-state index in [1.165, 1.54) is 4.68 Å². The van der Waals surface area contributed by atoms with Gasteiger partial charge in [-0.1, -0.05) is 0 Å². The standard InChI is InChI=1S/C18H27N5O3/c1-21-18(26)10-15(12-20-21)23-8-5-14(13-23)11-19-16(24)6-9-22-7-3-2-4-17(22)25/h10,12,14H,2-9,11,13H2,1H3,(H,19,24)/t14-/m1/s1. The molecule has 0 unspecified atom stereocenters. The summed E-state index contributed by atoms with van der Waals surface area (Å²) in [6, 6.07) is 1.60. The minimum atomic E-state index is -0.119. The summed E-state index contributed by atoms with van der Waals surface area (Å²) in [5.41, 5.74) is 0.719. The summed E-state index contributed by atoms with van der Waals surface area (Å²) in [5, 5.41) is 7.04. The van der Waals surface area contributed by atoms with Gasteiger partial charge in [-0.05, 0) is 25.2 Å². The summed E-state index contributed by atoms with van der Waals surface area (Å²) >= 11 is 0. The Bertz CT molecular complexity index is 717. The van der Waals surface area contributed by atoms with Crippen molar-refractivity contribution in [1.29, 1.82) is 0 Å². The molecule has 2 aliphatic heterocycles. The quantitative estimate of drug-likeness (QED) is 0.778. The lowest BCUT2D eigenvalue weighted by Gasteiger charge is -2.26. The lowest BCUT2D eigenvalue weighted by atomic mass is 10.1. The third kappa shape index (κ3) is 4.62. The van der Waals surface area contributed by atoms with E-state index in [1.54, 1.807) is 24.2 Å². The van der Waals surface area contributed by atoms with Gasteiger partial charge in [0.15, 0.2) is 0 Å². The summed E-state index contributed by atoms with van der Waals surface area (Å²) in [7, 11) is 1.63. The van der Waals surface area contributed by atoms with Gasteiger partial charge in [-0.15, -0.1) is 0 Å². The second-order valence-corrected chi connectivity index (χ2v) is 7.17. The van der Waals surface area contributed by atoms with E-state index >= 15 is 0 Å². The van der Waals surface area contributed by atoms with E-state index in [0.29, 0.717) is 31.8 Å². The molecule has 0 spiro atoms. The van der Waals surface area contributed by atoms with Crippen LogP contribution in [0.4, 0.5) is 5.69 Å². The van der Waals surface area contributed by atoms with Gasteiger partial charge in [0.25, 0.3) is 5.56 Å². The van der Waals surface area contributed by atoms with Crippen molar-refractivity contribution in [2.24, 2.45) is 13.0 Å². The fourth-order valence-corrected chi connectivity index (χ4v) is 3.55. The summed E-state index contributed by atoms with van der Waals surface area (Å²) in [6.07, 6.45) is 5.64. The number of nitrogens with zero attached hydrogens (tertiary/aromatic N) is 4. The molecular weight excluding hydrogens is 334 g/mol. The smallest absolute Gasteiger partial charge is 0.268 e. The van der Waals surface area contributed by atoms with Crippen LogP contribution in [0.2, 0.25) is 0 Å². The van der Waals surface area contributed by atoms with Gasteiger partial charge in [0.2, 0.25) is 11.8 Å². The number of carbonyl (C=O) groups excluding carboxylic acids is 2. The molecule has 1 aromatic heterocycles. The number of hydrogen-bond donors (Lipinski definition) is 1. The van der Waals surface area contributed by atoms with Gasteiger partial charge in [0, 0.05) is 58.7 Å². The SMILES string of the molecule is Cn1ncc(N2CC[C@H](CNC(=O)CCN3CCCCC3=O)C2)cc1=O. The molecule has 0 bridgehead atoms. The number of piperidine rings is 1. The highest BCUT2D eigenvalue weighted by Crippen LogP contribution is 2.21. The van der Waals surface area contributed by atoms with Gasteiger partial charge < -0.3 is 15.1 Å². The molecule has 2 fully saturated rings. The second-order valence-electron chi connectivity index (χ2n) is 7.17. The molecule has 1 N–H and O–H groups in total. The van der Waals surface area contributed by atoms with Crippen LogP contribution < -0.4 is 15.8 Å². The molecule has 26 heavy (non-hydrogen) atoms. The normalized spacial score (nSPS) is 20.5. The van der Waals surface area contributed by atoms with Gasteiger partial charge >= 0.3 is 0 Å². The molecule has 2 aliphatic rings. The number of amides is 2. The maximum atomic E-state index is 12.1. The maximum Gasteiger partial charge on any atom is 0.268 e. The van der Waals surface area contributed by atoms with Crippen LogP contribution in [0.5, 0.6) is 0 Å². The zero-order valence-electron chi connectivity index (χ0n) is 15.3. The van der Waals surface area contributed by atoms with Crippen LogP contribution >= 0.6 is 0 Å². The Balaban J connectivity index is 1.40. The third-order valence-electron chi connectivity index (χ3n) is 5.22. The zero-order valence-corrected chi connectivity index (χ0v) is 15.3. The van der Waals surface area contributed by atoms with Crippen LogP contribution in [0.15, 0.2) is 17.1 Å². The van der Waals surface area contributed by atoms with Gasteiger partial charge in [-0.2, -0.15) is 5.10 Å². The lowest BCUT2D eigenvalue weighted by molar-refractivity contribution is -0.133. The molecule has 0 radical (unpaired) electrons. The first-order valence-corrected chi connectivity index (χ1v) is 9.35. The fraction of sp³-hybridized carbons (Fsp3) is 0.667. The molecule has 2 amide bonds. The van der Waals surface area contributed by atoms with Crippen molar-refractivity contribution in [1.82, 2.24) is 20.0 Å². The number of aryl methyl sites for hydroxylation is 1. The highest BCUT2D eigenvalue weighted by atomic mass is 16.2. The van der Waals surface area contributed by atoms with Gasteiger partial charge in [0.1, 0.15) is 0 Å². The van der Waals surface area contributed by atoms with Crippen molar-refractivity contribution in [3.8, 4) is 0 Å². The first kappa shape index (κ1) is 18.4. The Morgan fingerprint density at radius 2 is 2.15 bits per heavy atom. The van der Waals surface area contributed by atoms with E-state index in [1.807, 2.05) is 0 Å². The maximum absolute atomic E-state index is 12.1. The molecule has 1 atom stereocenters. The number of anilines is 1. The van der Waals surface area contributed by atoms with E-state index in [9.17, 15) is 14.4 Å². The average Bonchev–Trinajstić information content (AvgIpc) is 3.10. The third-order valence-corrected chi connectivity index (χ3v) is 5.22. The van der Waals surface area contributed by atoms with Gasteiger partial charge in [-0.3, -0.25) is 14.4 Å². The summed E-state index contributed by atoms with van der Waals surface area (Å²) in [5.74, 6) is 0.523. The van der Waals surface area contributed by atoms with Crippen LogP contribution in [0.3, 0.4) is 0 Å². The van der Waals surface area contributed by atoms with Gasteiger partial charge in [0.05, 0.1) is 11.9 Å². The first-order valence-electron chi connectivity index (χ1n) is 9.35. The van der Waals surface area contributed by atoms with Crippen molar-refractivity contribution in [3.63, 3.8) is 0 Å². The molecule has 1 aromatic rings. The Morgan fingerprint density at radius 1 is 1.31 bits per heavy atom. The highest BCUT2D eigenvalue weighted by molar-refractivity contribution is 5.79. The second kappa shape index (κ2) is 8.33. The predicted molar refractivity (Wildman–Crippen MR) is 97.9 cm³/mol. The van der Waals surface area contributed by atoms with Crippen molar-refractivity contribution < 1.29 is 9.59 Å². The van der Waals surface area contributed by atoms with Crippen molar-refractivity contribution in [2.75, 3.05) is 37.6 Å². The Labute approximate surface area is 153 Å². The van der Waals surface area contributed by atoms with E-state index in [-0.39, 0.29) is 17.4 Å².